The molecule has 4 heteroatoms. The molecule has 1 aromatic carbocycles. The molecule has 0 bridgehead atoms. The second kappa shape index (κ2) is 6.80. The van der Waals surface area contributed by atoms with E-state index in [1.165, 1.54) is 5.56 Å². The lowest BCUT2D eigenvalue weighted by Crippen LogP contribution is -2.38. The number of aliphatic hydroxyl groups excluding tert-OH is 3. The molecule has 0 amide bonds. The molecule has 1 aliphatic heterocycles. The van der Waals surface area contributed by atoms with Gasteiger partial charge in [0.2, 0.25) is 0 Å². The summed E-state index contributed by atoms with van der Waals surface area (Å²) in [4.78, 5) is 2.41. The average molecular weight is 301 g/mol. The Kier molecular flexibility index (Phi) is 4.80. The SMILES string of the molecule is OCC#Cc1ccc(CN2C[C@H]3C[C@H](O)[C@H](O)C[C@H]3C2)cc1. The molecular formula is C18H23NO3. The summed E-state index contributed by atoms with van der Waals surface area (Å²) in [6.07, 6.45) is 0.340. The van der Waals surface area contributed by atoms with Crippen LogP contribution in [-0.2, 0) is 6.54 Å². The van der Waals surface area contributed by atoms with E-state index in [9.17, 15) is 10.2 Å². The average Bonchev–Trinajstić information content (AvgIpc) is 2.88. The number of rotatable bonds is 2. The van der Waals surface area contributed by atoms with Crippen LogP contribution >= 0.6 is 0 Å². The fourth-order valence-corrected chi connectivity index (χ4v) is 3.73. The van der Waals surface area contributed by atoms with Crippen LogP contribution in [0, 0.1) is 23.7 Å². The Bertz CT molecular complexity index is 542. The molecule has 4 atom stereocenters. The van der Waals surface area contributed by atoms with Gasteiger partial charge in [-0.05, 0) is 42.4 Å². The van der Waals surface area contributed by atoms with Gasteiger partial charge in [-0.15, -0.1) is 0 Å². The van der Waals surface area contributed by atoms with Gasteiger partial charge in [-0.3, -0.25) is 4.90 Å². The van der Waals surface area contributed by atoms with E-state index in [0.29, 0.717) is 11.8 Å². The van der Waals surface area contributed by atoms with E-state index in [2.05, 4.69) is 28.9 Å². The standard InChI is InChI=1S/C18H23NO3/c20-7-1-2-13-3-5-14(6-4-13)10-19-11-15-8-17(21)18(22)9-16(15)12-19/h3-6,15-18,20-22H,7-12H2/t15-,16+,17+,18-. The van der Waals surface area contributed by atoms with Gasteiger partial charge in [0.15, 0.2) is 0 Å². The summed E-state index contributed by atoms with van der Waals surface area (Å²) in [5.74, 6) is 6.56. The third-order valence-corrected chi connectivity index (χ3v) is 4.86. The Balaban J connectivity index is 1.58. The minimum atomic E-state index is -0.550. The zero-order chi connectivity index (χ0) is 15.5. The molecule has 0 aromatic heterocycles. The van der Waals surface area contributed by atoms with Gasteiger partial charge in [0.25, 0.3) is 0 Å². The third-order valence-electron chi connectivity index (χ3n) is 4.86. The number of fused-ring (bicyclic) bond motifs is 1. The number of aliphatic hydroxyl groups is 3. The van der Waals surface area contributed by atoms with Gasteiger partial charge in [-0.1, -0.05) is 24.0 Å². The van der Waals surface area contributed by atoms with Gasteiger partial charge >= 0.3 is 0 Å². The number of likely N-dealkylation sites (tertiary alicyclic amines) is 1. The molecule has 4 nitrogen and oxygen atoms in total. The van der Waals surface area contributed by atoms with Crippen molar-refractivity contribution < 1.29 is 15.3 Å². The fraction of sp³-hybridized carbons (Fsp3) is 0.556. The van der Waals surface area contributed by atoms with Crippen molar-refractivity contribution in [1.82, 2.24) is 4.90 Å². The normalized spacial score (nSPS) is 31.4. The summed E-state index contributed by atoms with van der Waals surface area (Å²) < 4.78 is 0. The van der Waals surface area contributed by atoms with Crippen LogP contribution in [0.3, 0.4) is 0 Å². The van der Waals surface area contributed by atoms with Gasteiger partial charge < -0.3 is 15.3 Å². The maximum atomic E-state index is 9.80. The minimum Gasteiger partial charge on any atom is -0.390 e. The first-order valence-corrected chi connectivity index (χ1v) is 7.93. The van der Waals surface area contributed by atoms with Crippen LogP contribution in [0.15, 0.2) is 24.3 Å². The summed E-state index contributed by atoms with van der Waals surface area (Å²) in [5.41, 5.74) is 2.16. The minimum absolute atomic E-state index is 0.115. The van der Waals surface area contributed by atoms with E-state index in [1.807, 2.05) is 12.1 Å². The molecule has 0 radical (unpaired) electrons. The Hall–Kier alpha value is -1.38. The molecule has 2 aliphatic rings. The fourth-order valence-electron chi connectivity index (χ4n) is 3.73. The van der Waals surface area contributed by atoms with Crippen molar-refractivity contribution in [3.05, 3.63) is 35.4 Å². The Morgan fingerprint density at radius 3 is 2.14 bits per heavy atom. The van der Waals surface area contributed by atoms with Crippen molar-refractivity contribution in [3.8, 4) is 11.8 Å². The molecule has 3 N–H and O–H groups in total. The quantitative estimate of drug-likeness (QED) is 0.700. The van der Waals surface area contributed by atoms with Crippen LogP contribution in [0.2, 0.25) is 0 Å². The highest BCUT2D eigenvalue weighted by atomic mass is 16.3. The van der Waals surface area contributed by atoms with Crippen molar-refractivity contribution in [2.75, 3.05) is 19.7 Å². The lowest BCUT2D eigenvalue weighted by atomic mass is 9.79. The van der Waals surface area contributed by atoms with Crippen LogP contribution in [0.25, 0.3) is 0 Å². The van der Waals surface area contributed by atoms with Gasteiger partial charge in [0.05, 0.1) is 12.2 Å². The first-order chi connectivity index (χ1) is 10.7. The van der Waals surface area contributed by atoms with Crippen LogP contribution < -0.4 is 0 Å². The number of hydrogen-bond acceptors (Lipinski definition) is 4. The summed E-state index contributed by atoms with van der Waals surface area (Å²) in [6.45, 7) is 2.78. The van der Waals surface area contributed by atoms with Gasteiger partial charge in [-0.2, -0.15) is 0 Å². The lowest BCUT2D eigenvalue weighted by molar-refractivity contribution is -0.0372. The molecule has 0 spiro atoms. The molecule has 2 fully saturated rings. The Labute approximate surface area is 131 Å². The summed E-state index contributed by atoms with van der Waals surface area (Å²) >= 11 is 0. The Morgan fingerprint density at radius 1 is 1.00 bits per heavy atom. The third kappa shape index (κ3) is 3.50. The number of benzene rings is 1. The van der Waals surface area contributed by atoms with Crippen molar-refractivity contribution in [2.24, 2.45) is 11.8 Å². The van der Waals surface area contributed by atoms with Gasteiger partial charge in [0, 0.05) is 25.2 Å². The smallest absolute Gasteiger partial charge is 0.104 e. The van der Waals surface area contributed by atoms with Crippen LogP contribution in [0.5, 0.6) is 0 Å². The van der Waals surface area contributed by atoms with E-state index in [0.717, 1.165) is 38.0 Å². The molecule has 1 saturated carbocycles. The van der Waals surface area contributed by atoms with Crippen molar-refractivity contribution in [2.45, 2.75) is 31.6 Å². The highest BCUT2D eigenvalue weighted by molar-refractivity contribution is 5.36. The lowest BCUT2D eigenvalue weighted by Gasteiger charge is -2.32. The zero-order valence-electron chi connectivity index (χ0n) is 12.7. The van der Waals surface area contributed by atoms with Crippen molar-refractivity contribution in [1.29, 1.82) is 0 Å². The zero-order valence-corrected chi connectivity index (χ0v) is 12.7. The van der Waals surface area contributed by atoms with Gasteiger partial charge in [-0.25, -0.2) is 0 Å². The largest absolute Gasteiger partial charge is 0.390 e. The van der Waals surface area contributed by atoms with E-state index >= 15 is 0 Å². The maximum Gasteiger partial charge on any atom is 0.104 e. The van der Waals surface area contributed by atoms with Crippen molar-refractivity contribution >= 4 is 0 Å². The van der Waals surface area contributed by atoms with E-state index in [1.54, 1.807) is 0 Å². The molecule has 1 heterocycles. The molecular weight excluding hydrogens is 278 g/mol. The molecule has 0 unspecified atom stereocenters. The van der Waals surface area contributed by atoms with E-state index in [4.69, 9.17) is 5.11 Å². The van der Waals surface area contributed by atoms with Crippen LogP contribution in [-0.4, -0.2) is 52.1 Å². The summed E-state index contributed by atoms with van der Waals surface area (Å²) in [5, 5.41) is 28.3. The number of hydrogen-bond donors (Lipinski definition) is 3. The molecule has 1 aromatic rings. The number of nitrogens with zero attached hydrogens (tertiary/aromatic N) is 1. The van der Waals surface area contributed by atoms with E-state index < -0.39 is 12.2 Å². The topological polar surface area (TPSA) is 63.9 Å². The highest BCUT2D eigenvalue weighted by Gasteiger charge is 2.40. The maximum absolute atomic E-state index is 9.80. The molecule has 3 rings (SSSR count). The first kappa shape index (κ1) is 15.5. The monoisotopic (exact) mass is 301 g/mol. The van der Waals surface area contributed by atoms with Crippen molar-refractivity contribution in [3.63, 3.8) is 0 Å². The Morgan fingerprint density at radius 2 is 1.59 bits per heavy atom. The predicted molar refractivity (Wildman–Crippen MR) is 83.9 cm³/mol. The first-order valence-electron chi connectivity index (χ1n) is 7.93. The second-order valence-electron chi connectivity index (χ2n) is 6.48. The van der Waals surface area contributed by atoms with Crippen LogP contribution in [0.1, 0.15) is 24.0 Å². The summed E-state index contributed by atoms with van der Waals surface area (Å²) in [6, 6.07) is 8.11. The highest BCUT2D eigenvalue weighted by Crippen LogP contribution is 2.36. The van der Waals surface area contributed by atoms with Crippen LogP contribution in [0.4, 0.5) is 0 Å². The molecule has 1 aliphatic carbocycles. The predicted octanol–water partition coefficient (Wildman–Crippen LogP) is 0.594. The van der Waals surface area contributed by atoms with Gasteiger partial charge in [0.1, 0.15) is 6.61 Å². The summed E-state index contributed by atoms with van der Waals surface area (Å²) in [7, 11) is 0. The molecule has 1 saturated heterocycles. The molecule has 118 valence electrons. The molecule has 22 heavy (non-hydrogen) atoms. The second-order valence-corrected chi connectivity index (χ2v) is 6.48. The van der Waals surface area contributed by atoms with E-state index in [-0.39, 0.29) is 6.61 Å².